The van der Waals surface area contributed by atoms with E-state index >= 15 is 0 Å². The van der Waals surface area contributed by atoms with Crippen LogP contribution in [0.1, 0.15) is 5.01 Å². The Kier molecular flexibility index (Phi) is 2.31. The molecule has 1 rings (SSSR count). The van der Waals surface area contributed by atoms with Gasteiger partial charge in [0.05, 0.1) is 5.01 Å². The van der Waals surface area contributed by atoms with Crippen molar-refractivity contribution >= 4 is 29.0 Å². The second-order valence-corrected chi connectivity index (χ2v) is 3.26. The second-order valence-electron chi connectivity index (χ2n) is 1.73. The highest BCUT2D eigenvalue weighted by Gasteiger charge is 2.09. The Morgan fingerprint density at radius 1 is 1.82 bits per heavy atom. The van der Waals surface area contributed by atoms with Gasteiger partial charge in [-0.15, -0.1) is 0 Å². The predicted octanol–water partition coefficient (Wildman–Crippen LogP) is 1.56. The Morgan fingerprint density at radius 2 is 2.45 bits per heavy atom. The van der Waals surface area contributed by atoms with Gasteiger partial charge in [-0.05, 0) is 6.92 Å². The molecule has 60 valence electrons. The van der Waals surface area contributed by atoms with E-state index in [1.54, 1.807) is 6.92 Å². The summed E-state index contributed by atoms with van der Waals surface area (Å²) in [6.45, 7) is 1.75. The minimum absolute atomic E-state index is 0.173. The van der Waals surface area contributed by atoms with Crippen molar-refractivity contribution in [3.63, 3.8) is 0 Å². The van der Waals surface area contributed by atoms with E-state index in [9.17, 15) is 4.79 Å². The third-order valence-corrected chi connectivity index (χ3v) is 2.07. The fourth-order valence-electron chi connectivity index (χ4n) is 0.537. The Morgan fingerprint density at radius 3 is 2.82 bits per heavy atom. The number of carbonyl (C=O) groups is 1. The largest absolute Gasteiger partial charge is 0.410 e. The molecule has 0 spiro atoms. The van der Waals surface area contributed by atoms with Gasteiger partial charge in [0.2, 0.25) is 5.06 Å². The average molecular weight is 193 g/mol. The molecule has 0 bridgehead atoms. The van der Waals surface area contributed by atoms with Gasteiger partial charge < -0.3 is 10.5 Å². The highest BCUT2D eigenvalue weighted by Crippen LogP contribution is 2.30. The molecule has 0 aromatic carbocycles. The number of aryl methyl sites for hydroxylation is 1. The first-order valence-corrected chi connectivity index (χ1v) is 3.89. The fourth-order valence-corrected chi connectivity index (χ4v) is 1.53. The molecule has 0 aliphatic heterocycles. The molecule has 0 unspecified atom stereocenters. The zero-order valence-corrected chi connectivity index (χ0v) is 7.20. The molecule has 1 amide bonds. The van der Waals surface area contributed by atoms with Crippen LogP contribution in [-0.4, -0.2) is 11.1 Å². The first kappa shape index (κ1) is 8.29. The summed E-state index contributed by atoms with van der Waals surface area (Å²) in [4.78, 5) is 14.1. The van der Waals surface area contributed by atoms with Gasteiger partial charge in [-0.2, -0.15) is 0 Å². The lowest BCUT2D eigenvalue weighted by molar-refractivity contribution is 0.212. The third-order valence-electron chi connectivity index (χ3n) is 0.858. The minimum atomic E-state index is -0.879. The lowest BCUT2D eigenvalue weighted by Gasteiger charge is -1.93. The number of hydrogen-bond donors (Lipinski definition) is 1. The van der Waals surface area contributed by atoms with Gasteiger partial charge >= 0.3 is 6.09 Å². The van der Waals surface area contributed by atoms with E-state index in [1.807, 2.05) is 0 Å². The summed E-state index contributed by atoms with van der Waals surface area (Å²) >= 11 is 6.73. The Balaban J connectivity index is 2.85. The molecule has 0 radical (unpaired) electrons. The molecule has 0 fully saturated rings. The van der Waals surface area contributed by atoms with Gasteiger partial charge in [-0.1, -0.05) is 22.9 Å². The van der Waals surface area contributed by atoms with Crippen LogP contribution in [-0.2, 0) is 0 Å². The van der Waals surface area contributed by atoms with Crippen molar-refractivity contribution in [1.82, 2.24) is 4.98 Å². The lowest BCUT2D eigenvalue weighted by atomic mass is 10.8. The number of aromatic nitrogens is 1. The SMILES string of the molecule is Cc1nc(Cl)c(OC(N)=O)s1. The quantitative estimate of drug-likeness (QED) is 0.735. The van der Waals surface area contributed by atoms with Gasteiger partial charge in [0, 0.05) is 0 Å². The number of ether oxygens (including phenoxy) is 1. The molecule has 1 heterocycles. The molecular formula is C5H5ClN2O2S. The number of halogens is 1. The van der Waals surface area contributed by atoms with Crippen LogP contribution in [0.2, 0.25) is 5.15 Å². The van der Waals surface area contributed by atoms with Crippen LogP contribution >= 0.6 is 22.9 Å². The van der Waals surface area contributed by atoms with Gasteiger partial charge in [0.15, 0.2) is 5.15 Å². The Bertz CT molecular complexity index is 286. The fraction of sp³-hybridized carbons (Fsp3) is 0.200. The molecular weight excluding hydrogens is 188 g/mol. The monoisotopic (exact) mass is 192 g/mol. The number of primary amides is 1. The maximum absolute atomic E-state index is 10.3. The molecule has 0 aliphatic rings. The minimum Gasteiger partial charge on any atom is -0.396 e. The number of nitrogens with two attached hydrogens (primary N) is 1. The van der Waals surface area contributed by atoms with Crippen molar-refractivity contribution in [3.05, 3.63) is 10.2 Å². The maximum atomic E-state index is 10.3. The highest BCUT2D eigenvalue weighted by molar-refractivity contribution is 7.14. The van der Waals surface area contributed by atoms with Crippen LogP contribution in [0.4, 0.5) is 4.79 Å². The number of carbonyl (C=O) groups excluding carboxylic acids is 1. The molecule has 0 saturated carbocycles. The topological polar surface area (TPSA) is 65.2 Å². The molecule has 0 aliphatic carbocycles. The third kappa shape index (κ3) is 2.06. The van der Waals surface area contributed by atoms with E-state index in [1.165, 1.54) is 11.3 Å². The van der Waals surface area contributed by atoms with Crippen LogP contribution in [0.3, 0.4) is 0 Å². The van der Waals surface area contributed by atoms with Crippen LogP contribution in [0.25, 0.3) is 0 Å². The molecule has 2 N–H and O–H groups in total. The van der Waals surface area contributed by atoms with Crippen LogP contribution in [0.15, 0.2) is 0 Å². The van der Waals surface area contributed by atoms with Crippen LogP contribution in [0, 0.1) is 6.92 Å². The molecule has 11 heavy (non-hydrogen) atoms. The van der Waals surface area contributed by atoms with E-state index in [0.29, 0.717) is 0 Å². The molecule has 0 saturated heterocycles. The zero-order chi connectivity index (χ0) is 8.43. The molecule has 0 atom stereocenters. The van der Waals surface area contributed by atoms with Crippen molar-refractivity contribution < 1.29 is 9.53 Å². The predicted molar refractivity (Wildman–Crippen MR) is 42.1 cm³/mol. The summed E-state index contributed by atoms with van der Waals surface area (Å²) < 4.78 is 4.53. The first-order valence-electron chi connectivity index (χ1n) is 2.70. The number of nitrogens with zero attached hydrogens (tertiary/aromatic N) is 1. The number of rotatable bonds is 1. The van der Waals surface area contributed by atoms with Gasteiger partial charge in [-0.3, -0.25) is 0 Å². The van der Waals surface area contributed by atoms with Crippen molar-refractivity contribution in [1.29, 1.82) is 0 Å². The lowest BCUT2D eigenvalue weighted by Crippen LogP contribution is -2.15. The van der Waals surface area contributed by atoms with Crippen molar-refractivity contribution in [2.75, 3.05) is 0 Å². The number of amides is 1. The van der Waals surface area contributed by atoms with Gasteiger partial charge in [0.1, 0.15) is 0 Å². The summed E-state index contributed by atoms with van der Waals surface area (Å²) in [5.74, 6) is 0. The molecule has 1 aromatic rings. The standard InChI is InChI=1S/C5H5ClN2O2S/c1-2-8-3(6)4(11-2)10-5(7)9/h1H3,(H2,7,9). The van der Waals surface area contributed by atoms with E-state index < -0.39 is 6.09 Å². The summed E-state index contributed by atoms with van der Waals surface area (Å²) in [6, 6.07) is 0. The summed E-state index contributed by atoms with van der Waals surface area (Å²) in [5, 5.41) is 1.15. The van der Waals surface area contributed by atoms with Crippen molar-refractivity contribution in [2.24, 2.45) is 5.73 Å². The van der Waals surface area contributed by atoms with Crippen LogP contribution in [0.5, 0.6) is 5.06 Å². The van der Waals surface area contributed by atoms with E-state index in [4.69, 9.17) is 17.3 Å². The van der Waals surface area contributed by atoms with E-state index in [0.717, 1.165) is 5.01 Å². The normalized spacial score (nSPS) is 9.64. The molecule has 1 aromatic heterocycles. The number of hydrogen-bond acceptors (Lipinski definition) is 4. The Labute approximate surface area is 71.9 Å². The summed E-state index contributed by atoms with van der Waals surface area (Å²) in [7, 11) is 0. The second kappa shape index (κ2) is 3.06. The molecule has 4 nitrogen and oxygen atoms in total. The zero-order valence-electron chi connectivity index (χ0n) is 5.63. The van der Waals surface area contributed by atoms with Gasteiger partial charge in [-0.25, -0.2) is 9.78 Å². The smallest absolute Gasteiger partial charge is 0.396 e. The Hall–Kier alpha value is -0.810. The van der Waals surface area contributed by atoms with Crippen molar-refractivity contribution in [3.8, 4) is 5.06 Å². The highest BCUT2D eigenvalue weighted by atomic mass is 35.5. The average Bonchev–Trinajstić information content (AvgIpc) is 2.09. The molecule has 6 heteroatoms. The summed E-state index contributed by atoms with van der Waals surface area (Å²) in [6.07, 6.45) is -0.879. The summed E-state index contributed by atoms with van der Waals surface area (Å²) in [5.41, 5.74) is 4.76. The van der Waals surface area contributed by atoms with Crippen LogP contribution < -0.4 is 10.5 Å². The van der Waals surface area contributed by atoms with Crippen molar-refractivity contribution in [2.45, 2.75) is 6.92 Å². The van der Waals surface area contributed by atoms with E-state index in [2.05, 4.69) is 9.72 Å². The van der Waals surface area contributed by atoms with Gasteiger partial charge in [0.25, 0.3) is 0 Å². The maximum Gasteiger partial charge on any atom is 0.410 e. The van der Waals surface area contributed by atoms with E-state index in [-0.39, 0.29) is 10.2 Å². The number of thiazole rings is 1. The first-order chi connectivity index (χ1) is 5.09.